The number of benzene rings is 4. The summed E-state index contributed by atoms with van der Waals surface area (Å²) in [5.74, 6) is 0. The molecule has 174 valence electrons. The van der Waals surface area contributed by atoms with Gasteiger partial charge in [0.2, 0.25) is 0 Å². The summed E-state index contributed by atoms with van der Waals surface area (Å²) < 4.78 is 86.6. The van der Waals surface area contributed by atoms with E-state index in [4.69, 9.17) is 23.2 Å². The van der Waals surface area contributed by atoms with Crippen molar-refractivity contribution < 1.29 is 26.3 Å². The summed E-state index contributed by atoms with van der Waals surface area (Å²) >= 11 is 12.3. The van der Waals surface area contributed by atoms with Crippen LogP contribution in [0.25, 0.3) is 33.4 Å². The monoisotopic (exact) mass is 510 g/mol. The first-order chi connectivity index (χ1) is 16.0. The molecule has 0 heterocycles. The van der Waals surface area contributed by atoms with Gasteiger partial charge in [-0.3, -0.25) is 0 Å². The highest BCUT2D eigenvalue weighted by molar-refractivity contribution is 6.34. The van der Waals surface area contributed by atoms with Crippen LogP contribution in [-0.2, 0) is 12.4 Å². The zero-order valence-corrected chi connectivity index (χ0v) is 18.6. The SMILES string of the molecule is FC(F)(F)c1c(-c2ccc(Cl)c(-c3ccccc3)c2C(F)(F)F)ccc(Cl)c1-c1ccccc1. The van der Waals surface area contributed by atoms with Gasteiger partial charge >= 0.3 is 12.4 Å². The molecule has 0 aliphatic rings. The third-order valence-corrected chi connectivity index (χ3v) is 5.92. The minimum absolute atomic E-state index is 0.132. The summed E-state index contributed by atoms with van der Waals surface area (Å²) in [6, 6.07) is 19.3. The Morgan fingerprint density at radius 3 is 1.06 bits per heavy atom. The van der Waals surface area contributed by atoms with Crippen LogP contribution in [0.15, 0.2) is 84.9 Å². The van der Waals surface area contributed by atoms with Crippen molar-refractivity contribution in [2.24, 2.45) is 0 Å². The summed E-state index contributed by atoms with van der Waals surface area (Å²) in [5, 5.41) is -0.457. The lowest BCUT2D eigenvalue weighted by molar-refractivity contribution is -0.138. The van der Waals surface area contributed by atoms with E-state index in [1.54, 1.807) is 12.1 Å². The standard InChI is InChI=1S/C26H14Cl2F6/c27-19-13-11-17(23(25(29,30)31)21(19)15-7-3-1-4-8-15)18-12-14-20(28)22(24(18)26(32,33)34)16-9-5-2-6-10-16/h1-14H. The minimum Gasteiger partial charge on any atom is -0.166 e. The fourth-order valence-corrected chi connectivity index (χ4v) is 4.50. The second-order valence-corrected chi connectivity index (χ2v) is 8.23. The largest absolute Gasteiger partial charge is 0.417 e. The fraction of sp³-hybridized carbons (Fsp3) is 0.0769. The lowest BCUT2D eigenvalue weighted by atomic mass is 9.86. The van der Waals surface area contributed by atoms with Crippen LogP contribution in [-0.4, -0.2) is 0 Å². The van der Waals surface area contributed by atoms with Gasteiger partial charge < -0.3 is 0 Å². The van der Waals surface area contributed by atoms with Crippen molar-refractivity contribution >= 4 is 23.2 Å². The van der Waals surface area contributed by atoms with E-state index in [1.807, 2.05) is 0 Å². The van der Waals surface area contributed by atoms with E-state index in [1.165, 1.54) is 60.7 Å². The molecule has 0 radical (unpaired) electrons. The summed E-state index contributed by atoms with van der Waals surface area (Å²) in [6.07, 6.45) is -10.00. The predicted octanol–water partition coefficient (Wildman–Crippen LogP) is 10.0. The second kappa shape index (κ2) is 9.01. The van der Waals surface area contributed by atoms with Gasteiger partial charge in [-0.25, -0.2) is 0 Å². The number of hydrogen-bond donors (Lipinski definition) is 0. The normalized spacial score (nSPS) is 12.1. The Bertz CT molecular complexity index is 1220. The molecular weight excluding hydrogens is 497 g/mol. The van der Waals surface area contributed by atoms with Gasteiger partial charge in [-0.05, 0) is 34.4 Å². The molecule has 0 fully saturated rings. The highest BCUT2D eigenvalue weighted by atomic mass is 35.5. The van der Waals surface area contributed by atoms with E-state index in [0.29, 0.717) is 0 Å². The van der Waals surface area contributed by atoms with Gasteiger partial charge in [-0.1, -0.05) is 96.0 Å². The number of alkyl halides is 6. The van der Waals surface area contributed by atoms with Crippen LogP contribution in [0.3, 0.4) is 0 Å². The molecule has 0 unspecified atom stereocenters. The fourth-order valence-electron chi connectivity index (χ4n) is 3.97. The van der Waals surface area contributed by atoms with Crippen LogP contribution in [0, 0.1) is 0 Å². The third kappa shape index (κ3) is 4.52. The van der Waals surface area contributed by atoms with E-state index < -0.39 is 45.7 Å². The van der Waals surface area contributed by atoms with Crippen molar-refractivity contribution in [3.63, 3.8) is 0 Å². The highest BCUT2D eigenvalue weighted by Crippen LogP contribution is 2.51. The van der Waals surface area contributed by atoms with Gasteiger partial charge in [0.05, 0.1) is 11.1 Å². The van der Waals surface area contributed by atoms with Crippen LogP contribution in [0.5, 0.6) is 0 Å². The van der Waals surface area contributed by atoms with E-state index in [2.05, 4.69) is 0 Å². The molecule has 0 amide bonds. The summed E-state index contributed by atoms with van der Waals surface area (Å²) in [7, 11) is 0. The molecule has 0 aromatic heterocycles. The zero-order chi connectivity index (χ0) is 24.7. The molecular formula is C26H14Cl2F6. The molecule has 8 heteroatoms. The smallest absolute Gasteiger partial charge is 0.166 e. The van der Waals surface area contributed by atoms with Crippen molar-refractivity contribution in [1.29, 1.82) is 0 Å². The van der Waals surface area contributed by atoms with Gasteiger partial charge in [0.1, 0.15) is 0 Å². The summed E-state index contributed by atoms with van der Waals surface area (Å²) in [6.45, 7) is 0. The Morgan fingerprint density at radius 2 is 0.765 bits per heavy atom. The van der Waals surface area contributed by atoms with Gasteiger partial charge in [0.25, 0.3) is 0 Å². The molecule has 34 heavy (non-hydrogen) atoms. The Kier molecular flexibility index (Phi) is 6.40. The topological polar surface area (TPSA) is 0 Å². The third-order valence-electron chi connectivity index (χ3n) is 5.29. The van der Waals surface area contributed by atoms with Crippen LogP contribution in [0.2, 0.25) is 10.0 Å². The van der Waals surface area contributed by atoms with Crippen LogP contribution in [0.4, 0.5) is 26.3 Å². The lowest BCUT2D eigenvalue weighted by Gasteiger charge is -2.24. The van der Waals surface area contributed by atoms with Crippen molar-refractivity contribution in [3.05, 3.63) is 106 Å². The molecule has 4 aromatic rings. The quantitative estimate of drug-likeness (QED) is 0.240. The van der Waals surface area contributed by atoms with Crippen molar-refractivity contribution in [2.75, 3.05) is 0 Å². The van der Waals surface area contributed by atoms with E-state index in [-0.39, 0.29) is 21.2 Å². The molecule has 4 rings (SSSR count). The first-order valence-electron chi connectivity index (χ1n) is 9.90. The number of rotatable bonds is 3. The molecule has 0 aliphatic carbocycles. The average Bonchev–Trinajstić information content (AvgIpc) is 2.78. The number of halogens is 8. The molecule has 0 saturated heterocycles. The Balaban J connectivity index is 2.15. The van der Waals surface area contributed by atoms with E-state index in [9.17, 15) is 26.3 Å². The highest BCUT2D eigenvalue weighted by Gasteiger charge is 2.42. The van der Waals surface area contributed by atoms with Crippen molar-refractivity contribution in [2.45, 2.75) is 12.4 Å². The molecule has 0 saturated carbocycles. The van der Waals surface area contributed by atoms with Crippen LogP contribution in [0.1, 0.15) is 11.1 Å². The maximum atomic E-state index is 14.4. The molecule has 4 aromatic carbocycles. The molecule has 0 bridgehead atoms. The van der Waals surface area contributed by atoms with Crippen LogP contribution >= 0.6 is 23.2 Å². The summed E-state index contributed by atoms with van der Waals surface area (Å²) in [5.41, 5.74) is -4.31. The molecule has 0 nitrogen and oxygen atoms in total. The Hall–Kier alpha value is -2.96. The van der Waals surface area contributed by atoms with Gasteiger partial charge in [0.15, 0.2) is 0 Å². The van der Waals surface area contributed by atoms with Gasteiger partial charge in [-0.2, -0.15) is 26.3 Å². The molecule has 0 aliphatic heterocycles. The van der Waals surface area contributed by atoms with E-state index in [0.717, 1.165) is 12.1 Å². The molecule has 0 spiro atoms. The average molecular weight is 511 g/mol. The lowest BCUT2D eigenvalue weighted by Crippen LogP contribution is -2.14. The minimum atomic E-state index is -5.00. The maximum absolute atomic E-state index is 14.4. The van der Waals surface area contributed by atoms with Gasteiger partial charge in [-0.15, -0.1) is 0 Å². The molecule has 0 N–H and O–H groups in total. The first-order valence-corrected chi connectivity index (χ1v) is 10.7. The van der Waals surface area contributed by atoms with Crippen molar-refractivity contribution in [1.82, 2.24) is 0 Å². The summed E-state index contributed by atoms with van der Waals surface area (Å²) in [4.78, 5) is 0. The van der Waals surface area contributed by atoms with Gasteiger partial charge in [0, 0.05) is 21.2 Å². The second-order valence-electron chi connectivity index (χ2n) is 7.42. The number of hydrogen-bond acceptors (Lipinski definition) is 0. The zero-order valence-electron chi connectivity index (χ0n) is 17.1. The predicted molar refractivity (Wildman–Crippen MR) is 123 cm³/mol. The Labute approximate surface area is 201 Å². The Morgan fingerprint density at radius 1 is 0.441 bits per heavy atom. The van der Waals surface area contributed by atoms with E-state index >= 15 is 0 Å². The van der Waals surface area contributed by atoms with Crippen LogP contribution < -0.4 is 0 Å². The first kappa shape index (κ1) is 24.2. The van der Waals surface area contributed by atoms with Crippen molar-refractivity contribution in [3.8, 4) is 33.4 Å². The molecule has 0 atom stereocenters. The maximum Gasteiger partial charge on any atom is 0.417 e.